The third-order valence-electron chi connectivity index (χ3n) is 1.85. The van der Waals surface area contributed by atoms with Crippen LogP contribution < -0.4 is 5.32 Å². The van der Waals surface area contributed by atoms with Gasteiger partial charge in [-0.05, 0) is 19.4 Å². The maximum absolute atomic E-state index is 5.35. The predicted octanol–water partition coefficient (Wildman–Crippen LogP) is 2.16. The lowest BCUT2D eigenvalue weighted by Gasteiger charge is -2.13. The van der Waals surface area contributed by atoms with Crippen molar-refractivity contribution in [3.63, 3.8) is 0 Å². The number of ether oxygens (including phenoxy) is 1. The Morgan fingerprint density at radius 3 is 2.62 bits per heavy atom. The van der Waals surface area contributed by atoms with Gasteiger partial charge in [0.15, 0.2) is 0 Å². The molecule has 0 spiro atoms. The standard InChI is InChI=1S/C11H17NO/c1-3-13-10(2)12-9-11-7-5-4-6-8-11/h4-8,10,12H,3,9H2,1-2H3. The molecule has 0 saturated heterocycles. The number of hydrogen-bond acceptors (Lipinski definition) is 2. The van der Waals surface area contributed by atoms with Crippen molar-refractivity contribution < 1.29 is 4.74 Å². The molecule has 0 radical (unpaired) electrons. The van der Waals surface area contributed by atoms with E-state index >= 15 is 0 Å². The lowest BCUT2D eigenvalue weighted by atomic mass is 10.2. The molecule has 0 aliphatic heterocycles. The Morgan fingerprint density at radius 1 is 1.31 bits per heavy atom. The summed E-state index contributed by atoms with van der Waals surface area (Å²) in [5.41, 5.74) is 1.29. The van der Waals surface area contributed by atoms with E-state index < -0.39 is 0 Å². The molecule has 1 N–H and O–H groups in total. The minimum absolute atomic E-state index is 0.130. The van der Waals surface area contributed by atoms with E-state index in [9.17, 15) is 0 Å². The summed E-state index contributed by atoms with van der Waals surface area (Å²) >= 11 is 0. The summed E-state index contributed by atoms with van der Waals surface area (Å²) in [4.78, 5) is 0. The Morgan fingerprint density at radius 2 is 2.00 bits per heavy atom. The molecule has 0 aromatic heterocycles. The number of nitrogens with one attached hydrogen (secondary N) is 1. The van der Waals surface area contributed by atoms with Gasteiger partial charge in [-0.2, -0.15) is 0 Å². The van der Waals surface area contributed by atoms with Crippen LogP contribution in [0.4, 0.5) is 0 Å². The highest BCUT2D eigenvalue weighted by Gasteiger charge is 1.98. The van der Waals surface area contributed by atoms with Gasteiger partial charge >= 0.3 is 0 Å². The predicted molar refractivity (Wildman–Crippen MR) is 54.4 cm³/mol. The van der Waals surface area contributed by atoms with Crippen LogP contribution in [0.3, 0.4) is 0 Å². The first-order chi connectivity index (χ1) is 6.33. The smallest absolute Gasteiger partial charge is 0.105 e. The molecular weight excluding hydrogens is 162 g/mol. The molecule has 72 valence electrons. The highest BCUT2D eigenvalue weighted by atomic mass is 16.5. The van der Waals surface area contributed by atoms with E-state index in [0.717, 1.165) is 13.2 Å². The minimum atomic E-state index is 0.130. The van der Waals surface area contributed by atoms with E-state index in [-0.39, 0.29) is 6.23 Å². The van der Waals surface area contributed by atoms with Crippen molar-refractivity contribution in [2.24, 2.45) is 0 Å². The van der Waals surface area contributed by atoms with Gasteiger partial charge in [0.05, 0.1) is 0 Å². The lowest BCUT2D eigenvalue weighted by molar-refractivity contribution is 0.0506. The molecule has 1 unspecified atom stereocenters. The van der Waals surface area contributed by atoms with E-state index in [1.54, 1.807) is 0 Å². The van der Waals surface area contributed by atoms with Crippen LogP contribution in [0.25, 0.3) is 0 Å². The summed E-state index contributed by atoms with van der Waals surface area (Å²) < 4.78 is 5.35. The molecule has 2 nitrogen and oxygen atoms in total. The fourth-order valence-corrected chi connectivity index (χ4v) is 1.17. The second kappa shape index (κ2) is 5.73. The van der Waals surface area contributed by atoms with Crippen LogP contribution >= 0.6 is 0 Å². The number of rotatable bonds is 5. The highest BCUT2D eigenvalue weighted by Crippen LogP contribution is 1.98. The molecule has 2 heteroatoms. The maximum atomic E-state index is 5.35. The maximum Gasteiger partial charge on any atom is 0.105 e. The van der Waals surface area contributed by atoms with Gasteiger partial charge in [0.25, 0.3) is 0 Å². The molecule has 0 fully saturated rings. The molecule has 1 aromatic carbocycles. The lowest BCUT2D eigenvalue weighted by Crippen LogP contribution is -2.28. The molecule has 0 aliphatic rings. The molecule has 13 heavy (non-hydrogen) atoms. The van der Waals surface area contributed by atoms with Crippen molar-refractivity contribution in [1.29, 1.82) is 0 Å². The van der Waals surface area contributed by atoms with Crippen molar-refractivity contribution in [2.75, 3.05) is 6.61 Å². The first kappa shape index (κ1) is 10.2. The van der Waals surface area contributed by atoms with Gasteiger partial charge < -0.3 is 4.74 Å². The molecule has 1 rings (SSSR count). The minimum Gasteiger partial charge on any atom is -0.364 e. The van der Waals surface area contributed by atoms with E-state index in [1.807, 2.05) is 32.0 Å². The van der Waals surface area contributed by atoms with Gasteiger partial charge in [-0.1, -0.05) is 30.3 Å². The summed E-state index contributed by atoms with van der Waals surface area (Å²) in [6.07, 6.45) is 0.130. The van der Waals surface area contributed by atoms with Crippen LogP contribution in [0.5, 0.6) is 0 Å². The zero-order chi connectivity index (χ0) is 9.52. The Balaban J connectivity index is 2.27. The summed E-state index contributed by atoms with van der Waals surface area (Å²) in [7, 11) is 0. The molecular formula is C11H17NO. The number of hydrogen-bond donors (Lipinski definition) is 1. The SMILES string of the molecule is CCOC(C)NCc1ccccc1. The molecule has 0 bridgehead atoms. The average Bonchev–Trinajstić information content (AvgIpc) is 2.17. The molecule has 0 saturated carbocycles. The Labute approximate surface area is 79.9 Å². The Hall–Kier alpha value is -0.860. The van der Waals surface area contributed by atoms with Gasteiger partial charge in [0.1, 0.15) is 6.23 Å². The van der Waals surface area contributed by atoms with Crippen molar-refractivity contribution in [3.05, 3.63) is 35.9 Å². The average molecular weight is 179 g/mol. The monoisotopic (exact) mass is 179 g/mol. The van der Waals surface area contributed by atoms with Crippen molar-refractivity contribution in [3.8, 4) is 0 Å². The molecule has 0 aliphatic carbocycles. The molecule has 0 heterocycles. The van der Waals surface area contributed by atoms with Crippen molar-refractivity contribution >= 4 is 0 Å². The third kappa shape index (κ3) is 4.06. The van der Waals surface area contributed by atoms with Gasteiger partial charge in [-0.25, -0.2) is 0 Å². The van der Waals surface area contributed by atoms with Crippen LogP contribution in [0, 0.1) is 0 Å². The zero-order valence-corrected chi connectivity index (χ0v) is 8.29. The van der Waals surface area contributed by atoms with Crippen LogP contribution in [-0.4, -0.2) is 12.8 Å². The third-order valence-corrected chi connectivity index (χ3v) is 1.85. The second-order valence-corrected chi connectivity index (χ2v) is 2.96. The molecule has 1 aromatic rings. The fraction of sp³-hybridized carbons (Fsp3) is 0.455. The van der Waals surface area contributed by atoms with Gasteiger partial charge in [0, 0.05) is 13.2 Å². The van der Waals surface area contributed by atoms with Crippen LogP contribution in [-0.2, 0) is 11.3 Å². The van der Waals surface area contributed by atoms with E-state index in [1.165, 1.54) is 5.56 Å². The van der Waals surface area contributed by atoms with E-state index in [4.69, 9.17) is 4.74 Å². The largest absolute Gasteiger partial charge is 0.364 e. The zero-order valence-electron chi connectivity index (χ0n) is 8.29. The van der Waals surface area contributed by atoms with Gasteiger partial charge in [0.2, 0.25) is 0 Å². The summed E-state index contributed by atoms with van der Waals surface area (Å²) in [5.74, 6) is 0. The quantitative estimate of drug-likeness (QED) is 0.699. The summed E-state index contributed by atoms with van der Waals surface area (Å²) in [6.45, 7) is 5.64. The number of benzene rings is 1. The van der Waals surface area contributed by atoms with Crippen LogP contribution in [0.15, 0.2) is 30.3 Å². The van der Waals surface area contributed by atoms with E-state index in [2.05, 4.69) is 17.4 Å². The summed E-state index contributed by atoms with van der Waals surface area (Å²) in [6, 6.07) is 10.3. The van der Waals surface area contributed by atoms with Gasteiger partial charge in [-0.3, -0.25) is 5.32 Å². The normalized spacial score (nSPS) is 12.8. The van der Waals surface area contributed by atoms with Crippen molar-refractivity contribution in [1.82, 2.24) is 5.32 Å². The van der Waals surface area contributed by atoms with Crippen LogP contribution in [0.1, 0.15) is 19.4 Å². The highest BCUT2D eigenvalue weighted by molar-refractivity contribution is 5.14. The van der Waals surface area contributed by atoms with Gasteiger partial charge in [-0.15, -0.1) is 0 Å². The first-order valence-corrected chi connectivity index (χ1v) is 4.72. The topological polar surface area (TPSA) is 21.3 Å². The summed E-state index contributed by atoms with van der Waals surface area (Å²) in [5, 5.41) is 3.28. The Kier molecular flexibility index (Phi) is 4.50. The van der Waals surface area contributed by atoms with E-state index in [0.29, 0.717) is 0 Å². The molecule has 1 atom stereocenters. The Bertz CT molecular complexity index is 223. The molecule has 0 amide bonds. The second-order valence-electron chi connectivity index (χ2n) is 2.96. The fourth-order valence-electron chi connectivity index (χ4n) is 1.17. The van der Waals surface area contributed by atoms with Crippen molar-refractivity contribution in [2.45, 2.75) is 26.6 Å². The first-order valence-electron chi connectivity index (χ1n) is 4.72. The van der Waals surface area contributed by atoms with Crippen LogP contribution in [0.2, 0.25) is 0 Å².